The van der Waals surface area contributed by atoms with E-state index in [9.17, 15) is 17.6 Å². The van der Waals surface area contributed by atoms with Crippen molar-refractivity contribution < 1.29 is 17.6 Å². The minimum Gasteiger partial charge on any atom is -0.306 e. The zero-order valence-electron chi connectivity index (χ0n) is 13.8. The molecule has 2 heterocycles. The van der Waals surface area contributed by atoms with Crippen molar-refractivity contribution in [2.24, 2.45) is 0 Å². The van der Waals surface area contributed by atoms with Crippen LogP contribution in [0.5, 0.6) is 0 Å². The summed E-state index contributed by atoms with van der Waals surface area (Å²) in [5.41, 5.74) is 1.77. The van der Waals surface area contributed by atoms with Gasteiger partial charge in [0.25, 0.3) is 5.91 Å². The van der Waals surface area contributed by atoms with E-state index in [4.69, 9.17) is 0 Å². The van der Waals surface area contributed by atoms with Gasteiger partial charge in [0.15, 0.2) is 9.84 Å². The van der Waals surface area contributed by atoms with Crippen LogP contribution in [0.1, 0.15) is 21.6 Å². The summed E-state index contributed by atoms with van der Waals surface area (Å²) in [7, 11) is -3.30. The molecule has 0 radical (unpaired) electrons. The van der Waals surface area contributed by atoms with Crippen molar-refractivity contribution in [3.05, 3.63) is 75.6 Å². The first-order chi connectivity index (χ1) is 12.8. The average molecular weight is 450 g/mol. The van der Waals surface area contributed by atoms with Crippen LogP contribution in [0.2, 0.25) is 0 Å². The molecule has 0 bridgehead atoms. The Bertz CT molecular complexity index is 1160. The van der Waals surface area contributed by atoms with Gasteiger partial charge in [-0.2, -0.15) is 5.10 Å². The number of nitrogens with zero attached hydrogens (tertiary/aromatic N) is 2. The number of carbonyl (C=O) groups excluding carboxylic acids is 1. The van der Waals surface area contributed by atoms with Crippen LogP contribution >= 0.6 is 15.9 Å². The van der Waals surface area contributed by atoms with Crippen molar-refractivity contribution in [3.8, 4) is 5.69 Å². The number of rotatable bonds is 3. The molecule has 2 aromatic carbocycles. The molecule has 1 aliphatic heterocycles. The van der Waals surface area contributed by atoms with E-state index in [1.807, 2.05) is 0 Å². The van der Waals surface area contributed by atoms with E-state index < -0.39 is 21.6 Å². The van der Waals surface area contributed by atoms with Gasteiger partial charge in [-0.05, 0) is 52.3 Å². The normalized spacial score (nSPS) is 14.7. The Labute approximate surface area is 163 Å². The highest BCUT2D eigenvalue weighted by atomic mass is 79.9. The van der Waals surface area contributed by atoms with Crippen molar-refractivity contribution in [2.45, 2.75) is 11.5 Å². The van der Waals surface area contributed by atoms with Gasteiger partial charge in [-0.3, -0.25) is 4.79 Å². The number of nitrogens with one attached hydrogen (secondary N) is 1. The number of carbonyl (C=O) groups is 1. The van der Waals surface area contributed by atoms with E-state index in [2.05, 4.69) is 26.3 Å². The van der Waals surface area contributed by atoms with Gasteiger partial charge in [0.2, 0.25) is 0 Å². The molecule has 0 spiro atoms. The fraction of sp³-hybridized carbons (Fsp3) is 0.111. The third-order valence-corrected chi connectivity index (χ3v) is 6.34. The zero-order chi connectivity index (χ0) is 19.2. The van der Waals surface area contributed by atoms with Gasteiger partial charge in [0.1, 0.15) is 11.6 Å². The van der Waals surface area contributed by atoms with Crippen molar-refractivity contribution in [2.75, 3.05) is 5.32 Å². The predicted octanol–water partition coefficient (Wildman–Crippen LogP) is 3.45. The summed E-state index contributed by atoms with van der Waals surface area (Å²) in [4.78, 5) is 12.7. The lowest BCUT2D eigenvalue weighted by Crippen LogP contribution is -2.17. The van der Waals surface area contributed by atoms with Crippen molar-refractivity contribution in [1.29, 1.82) is 0 Å². The number of benzene rings is 2. The first kappa shape index (κ1) is 17.9. The topological polar surface area (TPSA) is 81.1 Å². The van der Waals surface area contributed by atoms with E-state index >= 15 is 0 Å². The van der Waals surface area contributed by atoms with Crippen LogP contribution in [0.15, 0.2) is 53.0 Å². The van der Waals surface area contributed by atoms with E-state index in [1.54, 1.807) is 24.3 Å². The monoisotopic (exact) mass is 449 g/mol. The summed E-state index contributed by atoms with van der Waals surface area (Å²) < 4.78 is 39.3. The van der Waals surface area contributed by atoms with Gasteiger partial charge in [-0.25, -0.2) is 17.5 Å². The molecular formula is C18H13BrFN3O3S. The van der Waals surface area contributed by atoms with Gasteiger partial charge in [0.05, 0.1) is 28.5 Å². The lowest BCUT2D eigenvalue weighted by Gasteiger charge is -2.12. The molecule has 1 amide bonds. The summed E-state index contributed by atoms with van der Waals surface area (Å²) >= 11 is 3.33. The number of sulfone groups is 1. The Kier molecular flexibility index (Phi) is 4.35. The molecular weight excluding hydrogens is 437 g/mol. The Morgan fingerprint density at radius 3 is 2.52 bits per heavy atom. The maximum absolute atomic E-state index is 13.3. The predicted molar refractivity (Wildman–Crippen MR) is 102 cm³/mol. The van der Waals surface area contributed by atoms with E-state index in [0.717, 1.165) is 0 Å². The van der Waals surface area contributed by atoms with Crippen LogP contribution in [0.25, 0.3) is 5.69 Å². The number of amides is 1. The number of aromatic nitrogens is 2. The Hall–Kier alpha value is -2.52. The second-order valence-electron chi connectivity index (χ2n) is 6.13. The van der Waals surface area contributed by atoms with E-state index in [0.29, 0.717) is 27.0 Å². The van der Waals surface area contributed by atoms with Crippen molar-refractivity contribution >= 4 is 37.5 Å². The highest BCUT2D eigenvalue weighted by molar-refractivity contribution is 9.10. The van der Waals surface area contributed by atoms with Crippen molar-refractivity contribution in [1.82, 2.24) is 9.78 Å². The molecule has 1 aliphatic rings. The summed E-state index contributed by atoms with van der Waals surface area (Å²) in [6.07, 6.45) is 0. The number of fused-ring (bicyclic) bond motifs is 1. The maximum atomic E-state index is 13.3. The Morgan fingerprint density at radius 1 is 1.11 bits per heavy atom. The molecule has 1 aromatic heterocycles. The van der Waals surface area contributed by atoms with Crippen LogP contribution in [-0.4, -0.2) is 24.1 Å². The third kappa shape index (κ3) is 3.40. The fourth-order valence-electron chi connectivity index (χ4n) is 2.96. The molecule has 1 N–H and O–H groups in total. The van der Waals surface area contributed by atoms with E-state index in [-0.39, 0.29) is 17.3 Å². The van der Waals surface area contributed by atoms with Gasteiger partial charge >= 0.3 is 0 Å². The summed E-state index contributed by atoms with van der Waals surface area (Å²) in [6.45, 7) is 0. The molecule has 6 nitrogen and oxygen atoms in total. The first-order valence-corrected chi connectivity index (χ1v) is 10.6. The van der Waals surface area contributed by atoms with E-state index in [1.165, 1.54) is 28.9 Å². The molecule has 0 saturated heterocycles. The standard InChI is InChI=1S/C18H13BrFN3O3S/c19-15-4-2-1-3-13(15)18(24)21-17-14-9-27(25,26)10-16(14)22-23(17)12-7-5-11(20)6-8-12/h1-8H,9-10H2,(H,21,24). The van der Waals surface area contributed by atoms with Gasteiger partial charge in [-0.15, -0.1) is 0 Å². The second kappa shape index (κ2) is 6.58. The van der Waals surface area contributed by atoms with Gasteiger partial charge in [0, 0.05) is 10.0 Å². The van der Waals surface area contributed by atoms with Crippen LogP contribution in [0, 0.1) is 5.82 Å². The molecule has 4 rings (SSSR count). The molecule has 9 heteroatoms. The molecule has 0 saturated carbocycles. The number of anilines is 1. The molecule has 0 atom stereocenters. The Balaban J connectivity index is 1.80. The average Bonchev–Trinajstić information content (AvgIpc) is 3.09. The second-order valence-corrected chi connectivity index (χ2v) is 9.05. The quantitative estimate of drug-likeness (QED) is 0.663. The number of hydrogen-bond acceptors (Lipinski definition) is 4. The van der Waals surface area contributed by atoms with Gasteiger partial charge < -0.3 is 5.32 Å². The maximum Gasteiger partial charge on any atom is 0.257 e. The molecule has 138 valence electrons. The lowest BCUT2D eigenvalue weighted by atomic mass is 10.2. The van der Waals surface area contributed by atoms with Crippen LogP contribution in [-0.2, 0) is 21.3 Å². The van der Waals surface area contributed by atoms with Crippen molar-refractivity contribution in [3.63, 3.8) is 0 Å². The lowest BCUT2D eigenvalue weighted by molar-refractivity contribution is 0.102. The Morgan fingerprint density at radius 2 is 1.81 bits per heavy atom. The minimum absolute atomic E-state index is 0.186. The SMILES string of the molecule is O=C(Nc1c2c(nn1-c1ccc(F)cc1)CS(=O)(=O)C2)c1ccccc1Br. The molecule has 0 unspecified atom stereocenters. The largest absolute Gasteiger partial charge is 0.306 e. The van der Waals surface area contributed by atoms with Crippen LogP contribution in [0.4, 0.5) is 10.2 Å². The first-order valence-electron chi connectivity index (χ1n) is 7.97. The smallest absolute Gasteiger partial charge is 0.257 e. The minimum atomic E-state index is -3.30. The molecule has 0 fully saturated rings. The third-order valence-electron chi connectivity index (χ3n) is 4.21. The molecule has 27 heavy (non-hydrogen) atoms. The highest BCUT2D eigenvalue weighted by Gasteiger charge is 2.33. The summed E-state index contributed by atoms with van der Waals surface area (Å²) in [6, 6.07) is 12.5. The number of halogens is 2. The van der Waals surface area contributed by atoms with Crippen LogP contribution in [0.3, 0.4) is 0 Å². The van der Waals surface area contributed by atoms with Crippen LogP contribution < -0.4 is 5.32 Å². The van der Waals surface area contributed by atoms with Gasteiger partial charge in [-0.1, -0.05) is 12.1 Å². The molecule has 3 aromatic rings. The fourth-order valence-corrected chi connectivity index (χ4v) is 4.92. The zero-order valence-corrected chi connectivity index (χ0v) is 16.2. The summed E-state index contributed by atoms with van der Waals surface area (Å²) in [5, 5.41) is 7.12. The highest BCUT2D eigenvalue weighted by Crippen LogP contribution is 2.33. The molecule has 0 aliphatic carbocycles. The number of hydrogen-bond donors (Lipinski definition) is 1. The summed E-state index contributed by atoms with van der Waals surface area (Å²) in [5.74, 6) is -0.917.